The van der Waals surface area contributed by atoms with Crippen LogP contribution in [0.25, 0.3) is 0 Å². The van der Waals surface area contributed by atoms with Crippen LogP contribution in [0.5, 0.6) is 0 Å². The van der Waals surface area contributed by atoms with E-state index in [4.69, 9.17) is 4.52 Å². The van der Waals surface area contributed by atoms with Crippen molar-refractivity contribution in [2.45, 2.75) is 39.8 Å². The SMILES string of the molecule is CC[C@H](NC(=O)NCCn1cccc1)c1c(C)noc1C. The summed E-state index contributed by atoms with van der Waals surface area (Å²) in [5.41, 5.74) is 1.80. The highest BCUT2D eigenvalue weighted by molar-refractivity contribution is 5.74. The van der Waals surface area contributed by atoms with E-state index in [-0.39, 0.29) is 12.1 Å². The number of carbonyl (C=O) groups excluding carboxylic acids is 1. The first kappa shape index (κ1) is 15.2. The zero-order valence-corrected chi connectivity index (χ0v) is 12.7. The number of urea groups is 1. The van der Waals surface area contributed by atoms with Crippen LogP contribution in [0.15, 0.2) is 29.0 Å². The second kappa shape index (κ2) is 6.97. The van der Waals surface area contributed by atoms with Crippen LogP contribution in [-0.2, 0) is 6.54 Å². The van der Waals surface area contributed by atoms with E-state index in [1.807, 2.05) is 49.9 Å². The molecule has 0 unspecified atom stereocenters. The molecular weight excluding hydrogens is 268 g/mol. The molecule has 2 heterocycles. The summed E-state index contributed by atoms with van der Waals surface area (Å²) in [4.78, 5) is 12.0. The Morgan fingerprint density at radius 1 is 1.38 bits per heavy atom. The van der Waals surface area contributed by atoms with Gasteiger partial charge in [-0.15, -0.1) is 0 Å². The topological polar surface area (TPSA) is 72.1 Å². The van der Waals surface area contributed by atoms with Gasteiger partial charge in [-0.2, -0.15) is 0 Å². The molecule has 6 heteroatoms. The highest BCUT2D eigenvalue weighted by Crippen LogP contribution is 2.23. The molecule has 0 aromatic carbocycles. The summed E-state index contributed by atoms with van der Waals surface area (Å²) in [7, 11) is 0. The fourth-order valence-electron chi connectivity index (χ4n) is 2.39. The third kappa shape index (κ3) is 3.87. The highest BCUT2D eigenvalue weighted by Gasteiger charge is 2.20. The van der Waals surface area contributed by atoms with Gasteiger partial charge in [0.2, 0.25) is 0 Å². The zero-order chi connectivity index (χ0) is 15.2. The van der Waals surface area contributed by atoms with Gasteiger partial charge in [-0.05, 0) is 32.4 Å². The van der Waals surface area contributed by atoms with Crippen molar-refractivity contribution in [1.29, 1.82) is 0 Å². The minimum atomic E-state index is -0.172. The molecule has 0 spiro atoms. The Kier molecular flexibility index (Phi) is 5.03. The van der Waals surface area contributed by atoms with Gasteiger partial charge in [0.15, 0.2) is 0 Å². The fourth-order valence-corrected chi connectivity index (χ4v) is 2.39. The summed E-state index contributed by atoms with van der Waals surface area (Å²) >= 11 is 0. The quantitative estimate of drug-likeness (QED) is 0.858. The summed E-state index contributed by atoms with van der Waals surface area (Å²) in [5.74, 6) is 0.756. The predicted molar refractivity (Wildman–Crippen MR) is 80.0 cm³/mol. The molecule has 0 fully saturated rings. The smallest absolute Gasteiger partial charge is 0.315 e. The van der Waals surface area contributed by atoms with Crippen molar-refractivity contribution in [1.82, 2.24) is 20.4 Å². The van der Waals surface area contributed by atoms with E-state index in [1.165, 1.54) is 0 Å². The average molecular weight is 290 g/mol. The third-order valence-corrected chi connectivity index (χ3v) is 3.47. The van der Waals surface area contributed by atoms with Gasteiger partial charge < -0.3 is 19.7 Å². The van der Waals surface area contributed by atoms with Gasteiger partial charge in [-0.1, -0.05) is 12.1 Å². The number of hydrogen-bond donors (Lipinski definition) is 2. The molecule has 0 radical (unpaired) electrons. The van der Waals surface area contributed by atoms with Gasteiger partial charge >= 0.3 is 6.03 Å². The summed E-state index contributed by atoms with van der Waals surface area (Å²) in [6.45, 7) is 7.11. The standard InChI is InChI=1S/C15H22N4O2/c1-4-13(14-11(2)18-21-12(14)3)17-15(20)16-7-10-19-8-5-6-9-19/h5-6,8-9,13H,4,7,10H2,1-3H3,(H2,16,17,20)/t13-/m0/s1. The molecule has 21 heavy (non-hydrogen) atoms. The number of aryl methyl sites for hydroxylation is 2. The van der Waals surface area contributed by atoms with Crippen molar-refractivity contribution >= 4 is 6.03 Å². The van der Waals surface area contributed by atoms with E-state index in [1.54, 1.807) is 0 Å². The lowest BCUT2D eigenvalue weighted by Gasteiger charge is -2.17. The normalized spacial score (nSPS) is 12.1. The van der Waals surface area contributed by atoms with Crippen LogP contribution in [0.2, 0.25) is 0 Å². The maximum absolute atomic E-state index is 12.0. The molecule has 0 aliphatic carbocycles. The van der Waals surface area contributed by atoms with E-state index in [0.29, 0.717) is 6.54 Å². The monoisotopic (exact) mass is 290 g/mol. The number of nitrogens with one attached hydrogen (secondary N) is 2. The first-order chi connectivity index (χ1) is 10.1. The maximum atomic E-state index is 12.0. The van der Waals surface area contributed by atoms with Crippen molar-refractivity contribution in [3.8, 4) is 0 Å². The van der Waals surface area contributed by atoms with Crippen molar-refractivity contribution in [2.24, 2.45) is 0 Å². The van der Waals surface area contributed by atoms with Gasteiger partial charge in [-0.3, -0.25) is 0 Å². The van der Waals surface area contributed by atoms with E-state index in [2.05, 4.69) is 15.8 Å². The molecule has 114 valence electrons. The van der Waals surface area contributed by atoms with Crippen LogP contribution in [0, 0.1) is 13.8 Å². The van der Waals surface area contributed by atoms with Crippen LogP contribution in [-0.4, -0.2) is 22.3 Å². The Morgan fingerprint density at radius 2 is 2.10 bits per heavy atom. The van der Waals surface area contributed by atoms with Gasteiger partial charge in [0, 0.05) is 31.0 Å². The molecule has 0 saturated heterocycles. The molecule has 2 amide bonds. The molecule has 0 bridgehead atoms. The van der Waals surface area contributed by atoms with Crippen LogP contribution >= 0.6 is 0 Å². The van der Waals surface area contributed by atoms with Crippen molar-refractivity contribution < 1.29 is 9.32 Å². The summed E-state index contributed by atoms with van der Waals surface area (Å²) < 4.78 is 7.18. The van der Waals surface area contributed by atoms with Gasteiger partial charge in [0.1, 0.15) is 5.76 Å². The maximum Gasteiger partial charge on any atom is 0.315 e. The summed E-state index contributed by atoms with van der Waals surface area (Å²) in [6, 6.07) is 3.67. The number of aromatic nitrogens is 2. The lowest BCUT2D eigenvalue weighted by Crippen LogP contribution is -2.39. The van der Waals surface area contributed by atoms with Crippen LogP contribution in [0.4, 0.5) is 4.79 Å². The molecule has 0 aliphatic heterocycles. The molecule has 6 nitrogen and oxygen atoms in total. The number of carbonyl (C=O) groups is 1. The van der Waals surface area contributed by atoms with Gasteiger partial charge in [0.05, 0.1) is 11.7 Å². The molecule has 0 aliphatic rings. The number of nitrogens with zero attached hydrogens (tertiary/aromatic N) is 2. The van der Waals surface area contributed by atoms with Crippen molar-refractivity contribution in [3.63, 3.8) is 0 Å². The minimum Gasteiger partial charge on any atom is -0.361 e. The summed E-state index contributed by atoms with van der Waals surface area (Å²) in [6.07, 6.45) is 4.73. The molecule has 2 N–H and O–H groups in total. The Labute approximate surface area is 124 Å². The Morgan fingerprint density at radius 3 is 2.67 bits per heavy atom. The van der Waals surface area contributed by atoms with Crippen LogP contribution in [0.3, 0.4) is 0 Å². The molecule has 1 atom stereocenters. The predicted octanol–water partition coefficient (Wildman–Crippen LogP) is 2.54. The first-order valence-corrected chi connectivity index (χ1v) is 7.19. The highest BCUT2D eigenvalue weighted by atomic mass is 16.5. The number of hydrogen-bond acceptors (Lipinski definition) is 3. The van der Waals surface area contributed by atoms with E-state index >= 15 is 0 Å². The lowest BCUT2D eigenvalue weighted by atomic mass is 10.0. The largest absolute Gasteiger partial charge is 0.361 e. The molecule has 2 aromatic heterocycles. The van der Waals surface area contributed by atoms with Crippen molar-refractivity contribution in [2.75, 3.05) is 6.54 Å². The number of rotatable bonds is 6. The second-order valence-electron chi connectivity index (χ2n) is 5.02. The second-order valence-corrected chi connectivity index (χ2v) is 5.02. The summed E-state index contributed by atoms with van der Waals surface area (Å²) in [5, 5.41) is 9.77. The lowest BCUT2D eigenvalue weighted by molar-refractivity contribution is 0.236. The molecular formula is C15H22N4O2. The Bertz CT molecular complexity index is 555. The van der Waals surface area contributed by atoms with Gasteiger partial charge in [-0.25, -0.2) is 4.79 Å². The third-order valence-electron chi connectivity index (χ3n) is 3.47. The number of amides is 2. The van der Waals surface area contributed by atoms with Gasteiger partial charge in [0.25, 0.3) is 0 Å². The Hall–Kier alpha value is -2.24. The average Bonchev–Trinajstić information content (AvgIpc) is 3.07. The van der Waals surface area contributed by atoms with E-state index in [9.17, 15) is 4.79 Å². The Balaban J connectivity index is 1.85. The van der Waals surface area contributed by atoms with E-state index < -0.39 is 0 Å². The van der Waals surface area contributed by atoms with E-state index in [0.717, 1.165) is 30.0 Å². The van der Waals surface area contributed by atoms with Crippen LogP contribution in [0.1, 0.15) is 36.4 Å². The molecule has 2 aromatic rings. The van der Waals surface area contributed by atoms with Crippen molar-refractivity contribution in [3.05, 3.63) is 41.5 Å². The fraction of sp³-hybridized carbons (Fsp3) is 0.467. The molecule has 0 saturated carbocycles. The first-order valence-electron chi connectivity index (χ1n) is 7.19. The molecule has 2 rings (SSSR count). The minimum absolute atomic E-state index is 0.0807. The van der Waals surface area contributed by atoms with Crippen LogP contribution < -0.4 is 10.6 Å². The zero-order valence-electron chi connectivity index (χ0n) is 12.7.